The van der Waals surface area contributed by atoms with E-state index in [2.05, 4.69) is 0 Å². The third-order valence-electron chi connectivity index (χ3n) is 3.57. The first-order valence-electron chi connectivity index (χ1n) is 8.04. The molecule has 0 aliphatic heterocycles. The molecule has 0 bridgehead atoms. The van der Waals surface area contributed by atoms with Crippen molar-refractivity contribution in [3.63, 3.8) is 0 Å². The van der Waals surface area contributed by atoms with Gasteiger partial charge in [-0.05, 0) is 37.0 Å². The van der Waals surface area contributed by atoms with Gasteiger partial charge in [0.25, 0.3) is 5.91 Å². The van der Waals surface area contributed by atoms with Gasteiger partial charge in [0, 0.05) is 23.9 Å². The van der Waals surface area contributed by atoms with E-state index in [9.17, 15) is 14.4 Å². The molecule has 0 unspecified atom stereocenters. The third-order valence-corrected chi connectivity index (χ3v) is 3.57. The van der Waals surface area contributed by atoms with Crippen molar-refractivity contribution in [2.24, 2.45) is 5.73 Å². The van der Waals surface area contributed by atoms with Crippen LogP contribution >= 0.6 is 0 Å². The van der Waals surface area contributed by atoms with Crippen molar-refractivity contribution in [1.82, 2.24) is 0 Å². The molecule has 2 N–H and O–H groups in total. The van der Waals surface area contributed by atoms with Gasteiger partial charge in [0.05, 0.1) is 6.61 Å². The van der Waals surface area contributed by atoms with Crippen LogP contribution in [-0.2, 0) is 20.7 Å². The summed E-state index contributed by atoms with van der Waals surface area (Å²) in [6.07, 6.45) is 1.30. The Labute approximate surface area is 144 Å². The highest BCUT2D eigenvalue weighted by atomic mass is 16.5. The monoisotopic (exact) mass is 347 g/mol. The number of rotatable bonds is 8. The molecule has 0 fully saturated rings. The number of hydrogen-bond acceptors (Lipinski definition) is 6. The Morgan fingerprint density at radius 2 is 2.00 bits per heavy atom. The summed E-state index contributed by atoms with van der Waals surface area (Å²) in [6, 6.07) is 4.72. The fourth-order valence-corrected chi connectivity index (χ4v) is 2.39. The Hall–Kier alpha value is -2.83. The van der Waals surface area contributed by atoms with Gasteiger partial charge in [0.1, 0.15) is 11.3 Å². The highest BCUT2D eigenvalue weighted by Gasteiger charge is 2.13. The number of carbonyl (C=O) groups is 2. The lowest BCUT2D eigenvalue weighted by atomic mass is 10.0. The predicted octanol–water partition coefficient (Wildman–Crippen LogP) is 1.85. The Morgan fingerprint density at radius 1 is 1.24 bits per heavy atom. The molecule has 0 atom stereocenters. The molecule has 7 heteroatoms. The number of ether oxygens (including phenoxy) is 2. The zero-order valence-electron chi connectivity index (χ0n) is 14.3. The van der Waals surface area contributed by atoms with Crippen molar-refractivity contribution in [3.05, 3.63) is 39.7 Å². The van der Waals surface area contributed by atoms with Crippen molar-refractivity contribution in [2.45, 2.75) is 33.1 Å². The summed E-state index contributed by atoms with van der Waals surface area (Å²) in [4.78, 5) is 34.3. The van der Waals surface area contributed by atoms with E-state index < -0.39 is 11.5 Å². The molecule has 2 rings (SSSR count). The first-order valence-corrected chi connectivity index (χ1v) is 8.04. The molecule has 0 aliphatic carbocycles. The minimum atomic E-state index is -0.626. The standard InChI is InChI=1S/C18H21NO6/c1-3-6-23-17(21)5-4-12-8-13-11(2)7-18(22)25-15(13)9-14(12)24-10-16(19)20/h7-9H,3-6,10H2,1-2H3,(H2,19,20). The summed E-state index contributed by atoms with van der Waals surface area (Å²) in [6.45, 7) is 3.78. The Kier molecular flexibility index (Phi) is 6.16. The van der Waals surface area contributed by atoms with Crippen LogP contribution in [0.15, 0.2) is 27.4 Å². The Morgan fingerprint density at radius 3 is 2.68 bits per heavy atom. The number of fused-ring (bicyclic) bond motifs is 1. The first kappa shape index (κ1) is 18.5. The maximum Gasteiger partial charge on any atom is 0.336 e. The molecule has 134 valence electrons. The quantitative estimate of drug-likeness (QED) is 0.576. The molecule has 0 aliphatic rings. The number of benzene rings is 1. The molecule has 1 aromatic heterocycles. The molecule has 25 heavy (non-hydrogen) atoms. The maximum absolute atomic E-state index is 11.7. The molecule has 0 saturated heterocycles. The van der Waals surface area contributed by atoms with Crippen LogP contribution in [0.25, 0.3) is 11.0 Å². The van der Waals surface area contributed by atoms with Crippen molar-refractivity contribution in [3.8, 4) is 5.75 Å². The smallest absolute Gasteiger partial charge is 0.336 e. The van der Waals surface area contributed by atoms with E-state index in [4.69, 9.17) is 19.6 Å². The summed E-state index contributed by atoms with van der Waals surface area (Å²) in [5.41, 5.74) is 6.45. The van der Waals surface area contributed by atoms with Crippen LogP contribution in [0.4, 0.5) is 0 Å². The SMILES string of the molecule is CCCOC(=O)CCc1cc2c(C)cc(=O)oc2cc1OCC(N)=O. The minimum absolute atomic E-state index is 0.175. The lowest BCUT2D eigenvalue weighted by Gasteiger charge is -2.12. The Bertz CT molecular complexity index is 839. The van der Waals surface area contributed by atoms with Crippen molar-refractivity contribution in [2.75, 3.05) is 13.2 Å². The molecule has 0 saturated carbocycles. The molecule has 0 radical (unpaired) electrons. The summed E-state index contributed by atoms with van der Waals surface area (Å²) in [5.74, 6) is -0.582. The fourth-order valence-electron chi connectivity index (χ4n) is 2.39. The summed E-state index contributed by atoms with van der Waals surface area (Å²) in [5, 5.41) is 0.739. The van der Waals surface area contributed by atoms with E-state index in [1.807, 2.05) is 6.92 Å². The van der Waals surface area contributed by atoms with Gasteiger partial charge in [-0.25, -0.2) is 4.79 Å². The highest BCUT2D eigenvalue weighted by Crippen LogP contribution is 2.28. The summed E-state index contributed by atoms with van der Waals surface area (Å²) in [7, 11) is 0. The number of nitrogens with two attached hydrogens (primary N) is 1. The lowest BCUT2D eigenvalue weighted by Crippen LogP contribution is -2.20. The maximum atomic E-state index is 11.7. The molecule has 2 aromatic rings. The third kappa shape index (κ3) is 5.07. The van der Waals surface area contributed by atoms with Gasteiger partial charge in [-0.15, -0.1) is 0 Å². The molecule has 7 nitrogen and oxygen atoms in total. The van der Waals surface area contributed by atoms with Gasteiger partial charge >= 0.3 is 11.6 Å². The van der Waals surface area contributed by atoms with Crippen molar-refractivity contribution < 1.29 is 23.5 Å². The Balaban J connectivity index is 2.33. The number of primary amides is 1. The van der Waals surface area contributed by atoms with Crippen molar-refractivity contribution in [1.29, 1.82) is 0 Å². The largest absolute Gasteiger partial charge is 0.483 e. The highest BCUT2D eigenvalue weighted by molar-refractivity contribution is 5.83. The van der Waals surface area contributed by atoms with E-state index in [1.54, 1.807) is 19.1 Å². The van der Waals surface area contributed by atoms with Gasteiger partial charge in [0.2, 0.25) is 0 Å². The first-order chi connectivity index (χ1) is 11.9. The van der Waals surface area contributed by atoms with E-state index in [0.717, 1.165) is 17.4 Å². The van der Waals surface area contributed by atoms with E-state index in [-0.39, 0.29) is 19.0 Å². The van der Waals surface area contributed by atoms with Crippen LogP contribution in [0.5, 0.6) is 5.75 Å². The number of carbonyl (C=O) groups excluding carboxylic acids is 2. The van der Waals surface area contributed by atoms with Crippen LogP contribution in [0.2, 0.25) is 0 Å². The van der Waals surface area contributed by atoms with E-state index >= 15 is 0 Å². The summed E-state index contributed by atoms with van der Waals surface area (Å²) >= 11 is 0. The van der Waals surface area contributed by atoms with Gasteiger partial charge in [-0.1, -0.05) is 6.92 Å². The molecule has 1 heterocycles. The average Bonchev–Trinajstić information content (AvgIpc) is 2.55. The number of hydrogen-bond donors (Lipinski definition) is 1. The van der Waals surface area contributed by atoms with E-state index in [1.165, 1.54) is 6.07 Å². The zero-order valence-corrected chi connectivity index (χ0v) is 14.3. The second kappa shape index (κ2) is 8.32. The van der Waals surface area contributed by atoms with Crippen LogP contribution in [0.3, 0.4) is 0 Å². The second-order valence-corrected chi connectivity index (χ2v) is 5.68. The molecule has 1 amide bonds. The average molecular weight is 347 g/mol. The minimum Gasteiger partial charge on any atom is -0.483 e. The van der Waals surface area contributed by atoms with Crippen LogP contribution in [0.1, 0.15) is 30.9 Å². The van der Waals surface area contributed by atoms with Crippen LogP contribution in [-0.4, -0.2) is 25.1 Å². The van der Waals surface area contributed by atoms with Crippen LogP contribution in [0, 0.1) is 6.92 Å². The molecule has 1 aromatic carbocycles. The van der Waals surface area contributed by atoms with Crippen molar-refractivity contribution >= 4 is 22.8 Å². The second-order valence-electron chi connectivity index (χ2n) is 5.68. The van der Waals surface area contributed by atoms with E-state index in [0.29, 0.717) is 29.9 Å². The van der Waals surface area contributed by atoms with Gasteiger partial charge in [-0.2, -0.15) is 0 Å². The van der Waals surface area contributed by atoms with Crippen LogP contribution < -0.4 is 16.1 Å². The fraction of sp³-hybridized carbons (Fsp3) is 0.389. The molecular weight excluding hydrogens is 326 g/mol. The molecular formula is C18H21NO6. The molecule has 0 spiro atoms. The normalized spacial score (nSPS) is 10.6. The zero-order chi connectivity index (χ0) is 18.4. The lowest BCUT2D eigenvalue weighted by molar-refractivity contribution is -0.143. The predicted molar refractivity (Wildman–Crippen MR) is 91.5 cm³/mol. The van der Waals surface area contributed by atoms with Gasteiger partial charge in [0.15, 0.2) is 6.61 Å². The van der Waals surface area contributed by atoms with Gasteiger partial charge in [-0.3, -0.25) is 9.59 Å². The number of esters is 1. The van der Waals surface area contributed by atoms with Gasteiger partial charge < -0.3 is 19.6 Å². The number of aryl methyl sites for hydroxylation is 2. The number of amides is 1. The summed E-state index contributed by atoms with van der Waals surface area (Å²) < 4.78 is 15.7. The topological polar surface area (TPSA) is 109 Å².